The normalized spacial score (nSPS) is 12.4. The van der Waals surface area contributed by atoms with E-state index < -0.39 is 17.1 Å². The molecule has 134 valence electrons. The molecule has 0 unspecified atom stereocenters. The number of nitrogens with one attached hydrogen (secondary N) is 1. The van der Waals surface area contributed by atoms with E-state index in [1.807, 2.05) is 40.2 Å². The predicted octanol–water partition coefficient (Wildman–Crippen LogP) is 1.06. The number of rotatable bonds is 5. The first-order valence-corrected chi connectivity index (χ1v) is 8.07. The van der Waals surface area contributed by atoms with Crippen molar-refractivity contribution in [2.24, 2.45) is 4.99 Å². The second kappa shape index (κ2) is 7.06. The first-order valence-electron chi connectivity index (χ1n) is 8.07. The molecule has 1 aromatic heterocycles. The van der Waals surface area contributed by atoms with Crippen molar-refractivity contribution in [3.8, 4) is 11.6 Å². The Balaban J connectivity index is 2.51. The van der Waals surface area contributed by atoms with Gasteiger partial charge in [-0.05, 0) is 26.0 Å². The number of benzene rings is 1. The van der Waals surface area contributed by atoms with Crippen molar-refractivity contribution in [3.63, 3.8) is 0 Å². The lowest BCUT2D eigenvalue weighted by molar-refractivity contribution is -0.868. The number of aromatic amines is 1. The van der Waals surface area contributed by atoms with Crippen LogP contribution < -0.4 is 11.2 Å². The number of aromatic hydroxyl groups is 1. The molecule has 7 heteroatoms. The third-order valence-corrected chi connectivity index (χ3v) is 3.86. The number of hydrogen-bond donors (Lipinski definition) is 2. The fourth-order valence-corrected chi connectivity index (χ4v) is 2.38. The van der Waals surface area contributed by atoms with Gasteiger partial charge in [-0.2, -0.15) is 0 Å². The lowest BCUT2D eigenvalue weighted by Crippen LogP contribution is -2.37. The molecule has 0 amide bonds. The summed E-state index contributed by atoms with van der Waals surface area (Å²) in [5, 5.41) is 10.6. The van der Waals surface area contributed by atoms with Gasteiger partial charge < -0.3 is 9.59 Å². The fourth-order valence-electron chi connectivity index (χ4n) is 2.38. The van der Waals surface area contributed by atoms with Crippen LogP contribution in [0, 0.1) is 6.92 Å². The molecule has 7 nitrogen and oxygen atoms in total. The van der Waals surface area contributed by atoms with Crippen molar-refractivity contribution in [1.82, 2.24) is 9.55 Å². The standard InChI is InChI=1S/C18H24N4O3/c1-12-6-8-14(9-7-12)21-17(24)15(16(23)20-18(21)25)13(2)19-10-11-22(3,4)5/h6-9H,10-11H2,1-5H3,(H-,19,20,23,24,25)/p+1. The Hall–Kier alpha value is -2.67. The summed E-state index contributed by atoms with van der Waals surface area (Å²) in [6, 6.07) is 7.08. The summed E-state index contributed by atoms with van der Waals surface area (Å²) < 4.78 is 1.82. The highest BCUT2D eigenvalue weighted by molar-refractivity contribution is 6.00. The van der Waals surface area contributed by atoms with Crippen LogP contribution in [0.15, 0.2) is 38.8 Å². The van der Waals surface area contributed by atoms with Gasteiger partial charge in [-0.3, -0.25) is 14.8 Å². The summed E-state index contributed by atoms with van der Waals surface area (Å²) in [5.41, 5.74) is 0.588. The number of aliphatic imine (C=N–C) groups is 1. The van der Waals surface area contributed by atoms with E-state index in [-0.39, 0.29) is 5.56 Å². The molecule has 0 aliphatic heterocycles. The van der Waals surface area contributed by atoms with Crippen LogP contribution >= 0.6 is 0 Å². The zero-order valence-corrected chi connectivity index (χ0v) is 15.3. The highest BCUT2D eigenvalue weighted by Gasteiger charge is 2.18. The number of H-pyrrole nitrogens is 1. The minimum Gasteiger partial charge on any atom is -0.493 e. The molecule has 0 atom stereocenters. The summed E-state index contributed by atoms with van der Waals surface area (Å²) >= 11 is 0. The maximum Gasteiger partial charge on any atom is 0.335 e. The Morgan fingerprint density at radius 1 is 1.20 bits per heavy atom. The van der Waals surface area contributed by atoms with E-state index in [1.54, 1.807) is 19.1 Å². The van der Waals surface area contributed by atoms with Crippen molar-refractivity contribution in [2.75, 3.05) is 34.2 Å². The lowest BCUT2D eigenvalue weighted by Gasteiger charge is -2.22. The Morgan fingerprint density at radius 2 is 1.80 bits per heavy atom. The molecule has 0 spiro atoms. The Kier molecular flexibility index (Phi) is 5.27. The average molecular weight is 345 g/mol. The number of quaternary nitrogens is 1. The van der Waals surface area contributed by atoms with E-state index >= 15 is 0 Å². The summed E-state index contributed by atoms with van der Waals surface area (Å²) in [4.78, 5) is 31.0. The minimum absolute atomic E-state index is 0.0154. The fraction of sp³-hybridized carbons (Fsp3) is 0.389. The molecule has 0 fully saturated rings. The number of nitrogens with zero attached hydrogens (tertiary/aromatic N) is 3. The van der Waals surface area contributed by atoms with Gasteiger partial charge in [-0.25, -0.2) is 9.36 Å². The summed E-state index contributed by atoms with van der Waals surface area (Å²) in [7, 11) is 6.14. The monoisotopic (exact) mass is 345 g/mol. The first-order chi connectivity index (χ1) is 11.6. The topological polar surface area (TPSA) is 87.4 Å². The third-order valence-electron chi connectivity index (χ3n) is 3.86. The van der Waals surface area contributed by atoms with Gasteiger partial charge in [0.2, 0.25) is 5.88 Å². The van der Waals surface area contributed by atoms with Gasteiger partial charge in [-0.1, -0.05) is 17.7 Å². The van der Waals surface area contributed by atoms with E-state index in [0.717, 1.165) is 21.2 Å². The number of aryl methyl sites for hydroxylation is 1. The molecule has 2 rings (SSSR count). The van der Waals surface area contributed by atoms with E-state index in [2.05, 4.69) is 9.98 Å². The van der Waals surface area contributed by atoms with Crippen molar-refractivity contribution in [1.29, 1.82) is 0 Å². The van der Waals surface area contributed by atoms with Crippen LogP contribution in [0.25, 0.3) is 5.69 Å². The molecule has 0 saturated heterocycles. The van der Waals surface area contributed by atoms with Gasteiger partial charge in [0.15, 0.2) is 0 Å². The summed E-state index contributed by atoms with van der Waals surface area (Å²) in [6.45, 7) is 4.88. The molecular formula is C18H25N4O3+. The van der Waals surface area contributed by atoms with Crippen LogP contribution in [0.5, 0.6) is 5.88 Å². The predicted molar refractivity (Wildman–Crippen MR) is 99.0 cm³/mol. The molecule has 0 saturated carbocycles. The Labute approximate surface area is 146 Å². The second-order valence-electron chi connectivity index (χ2n) is 7.11. The SMILES string of the molecule is CC(=NCC[N+](C)(C)C)c1c(O)n(-c2ccc(C)cc2)c(=O)[nH]c1=O. The largest absolute Gasteiger partial charge is 0.493 e. The second-order valence-corrected chi connectivity index (χ2v) is 7.11. The minimum atomic E-state index is -0.686. The van der Waals surface area contributed by atoms with Crippen LogP contribution in [-0.2, 0) is 0 Å². The van der Waals surface area contributed by atoms with Gasteiger partial charge >= 0.3 is 5.69 Å². The van der Waals surface area contributed by atoms with Crippen LogP contribution in [-0.4, -0.2) is 59.1 Å². The Morgan fingerprint density at radius 3 is 2.36 bits per heavy atom. The highest BCUT2D eigenvalue weighted by Crippen LogP contribution is 2.17. The molecule has 0 radical (unpaired) electrons. The van der Waals surface area contributed by atoms with E-state index in [9.17, 15) is 14.7 Å². The molecule has 1 aromatic carbocycles. The van der Waals surface area contributed by atoms with Crippen LogP contribution in [0.2, 0.25) is 0 Å². The summed E-state index contributed by atoms with van der Waals surface area (Å²) in [5.74, 6) is -0.399. The van der Waals surface area contributed by atoms with Gasteiger partial charge in [0.05, 0.1) is 45.6 Å². The molecule has 0 aliphatic carbocycles. The van der Waals surface area contributed by atoms with Crippen molar-refractivity contribution in [2.45, 2.75) is 13.8 Å². The number of aromatic nitrogens is 2. The molecule has 2 N–H and O–H groups in total. The molecule has 2 aromatic rings. The Bertz CT molecular complexity index is 900. The van der Waals surface area contributed by atoms with E-state index in [0.29, 0.717) is 17.9 Å². The lowest BCUT2D eigenvalue weighted by atomic mass is 10.2. The number of hydrogen-bond acceptors (Lipinski definition) is 4. The average Bonchev–Trinajstić information content (AvgIpc) is 2.47. The van der Waals surface area contributed by atoms with Gasteiger partial charge in [0.1, 0.15) is 5.56 Å². The van der Waals surface area contributed by atoms with Crippen LogP contribution in [0.3, 0.4) is 0 Å². The van der Waals surface area contributed by atoms with E-state index in [1.165, 1.54) is 0 Å². The first kappa shape index (κ1) is 18.7. The summed E-state index contributed by atoms with van der Waals surface area (Å²) in [6.07, 6.45) is 0. The molecular weight excluding hydrogens is 320 g/mol. The van der Waals surface area contributed by atoms with Crippen LogP contribution in [0.4, 0.5) is 0 Å². The van der Waals surface area contributed by atoms with Gasteiger partial charge in [0.25, 0.3) is 5.56 Å². The van der Waals surface area contributed by atoms with Gasteiger partial charge in [-0.15, -0.1) is 0 Å². The maximum absolute atomic E-state index is 12.2. The van der Waals surface area contributed by atoms with E-state index in [4.69, 9.17) is 0 Å². The molecule has 1 heterocycles. The quantitative estimate of drug-likeness (QED) is 0.627. The van der Waals surface area contributed by atoms with Gasteiger partial charge in [0, 0.05) is 0 Å². The third kappa shape index (κ3) is 4.45. The highest BCUT2D eigenvalue weighted by atomic mass is 16.3. The number of likely N-dealkylation sites (N-methyl/N-ethyl adjacent to an activating group) is 1. The molecule has 0 aliphatic rings. The zero-order chi connectivity index (χ0) is 18.8. The smallest absolute Gasteiger partial charge is 0.335 e. The van der Waals surface area contributed by atoms with Crippen molar-refractivity contribution in [3.05, 3.63) is 56.2 Å². The van der Waals surface area contributed by atoms with Crippen LogP contribution in [0.1, 0.15) is 18.1 Å². The van der Waals surface area contributed by atoms with Crippen molar-refractivity contribution < 1.29 is 9.59 Å². The van der Waals surface area contributed by atoms with Crippen molar-refractivity contribution >= 4 is 5.71 Å². The maximum atomic E-state index is 12.2. The zero-order valence-electron chi connectivity index (χ0n) is 15.3. The molecule has 25 heavy (non-hydrogen) atoms. The molecule has 0 bridgehead atoms.